The van der Waals surface area contributed by atoms with E-state index in [-0.39, 0.29) is 46.0 Å². The first-order valence-electron chi connectivity index (χ1n) is 9.39. The molecule has 0 spiro atoms. The minimum absolute atomic E-state index is 0.0255. The molecule has 9 heteroatoms. The number of hydrogen-bond donors (Lipinski definition) is 1. The Labute approximate surface area is 174 Å². The number of anilines is 1. The van der Waals surface area contributed by atoms with Crippen LogP contribution in [0.25, 0.3) is 10.6 Å². The number of nitrogens with zero attached hydrogens (tertiary/aromatic N) is 2. The minimum atomic E-state index is -0.644. The summed E-state index contributed by atoms with van der Waals surface area (Å²) in [4.78, 5) is 21.2. The Hall–Kier alpha value is -1.61. The van der Waals surface area contributed by atoms with Gasteiger partial charge in [-0.3, -0.25) is 4.79 Å². The summed E-state index contributed by atoms with van der Waals surface area (Å²) in [5, 5.41) is 2.77. The second-order valence-electron chi connectivity index (χ2n) is 7.23. The lowest BCUT2D eigenvalue weighted by atomic mass is 9.61. The van der Waals surface area contributed by atoms with E-state index in [1.165, 1.54) is 12.1 Å². The van der Waals surface area contributed by atoms with E-state index in [1.807, 2.05) is 0 Å². The molecule has 0 radical (unpaired) electrons. The number of thiophene rings is 1. The van der Waals surface area contributed by atoms with Gasteiger partial charge in [0.1, 0.15) is 5.69 Å². The van der Waals surface area contributed by atoms with Crippen LogP contribution in [0.1, 0.15) is 32.6 Å². The molecule has 5 rings (SSSR count). The molecule has 2 atom stereocenters. The number of carbonyl (C=O) groups is 1. The van der Waals surface area contributed by atoms with Crippen LogP contribution in [0.4, 0.5) is 14.6 Å². The predicted octanol–water partition coefficient (Wildman–Crippen LogP) is 5.03. The zero-order valence-corrected chi connectivity index (χ0v) is 17.7. The van der Waals surface area contributed by atoms with E-state index >= 15 is 4.39 Å². The monoisotopic (exact) mass is 471 g/mol. The van der Waals surface area contributed by atoms with Crippen LogP contribution in [-0.2, 0) is 9.53 Å². The van der Waals surface area contributed by atoms with Crippen molar-refractivity contribution in [2.75, 3.05) is 11.9 Å². The Balaban J connectivity index is 1.67. The lowest BCUT2D eigenvalue weighted by Gasteiger charge is -2.47. The summed E-state index contributed by atoms with van der Waals surface area (Å²) in [6.07, 6.45) is 3.97. The quantitative estimate of drug-likeness (QED) is 0.489. The van der Waals surface area contributed by atoms with Crippen molar-refractivity contribution in [2.45, 2.75) is 38.6 Å². The lowest BCUT2D eigenvalue weighted by Crippen LogP contribution is -2.52. The number of fused-ring (bicyclic) bond motifs is 3. The smallest absolute Gasteiger partial charge is 0.311 e. The number of nitrogens with one attached hydrogen (secondary N) is 1. The Morgan fingerprint density at radius 1 is 1.25 bits per heavy atom. The Bertz CT molecular complexity index is 886. The number of rotatable bonds is 5. The molecule has 28 heavy (non-hydrogen) atoms. The maximum atomic E-state index is 15.2. The third-order valence-corrected chi connectivity index (χ3v) is 6.95. The van der Waals surface area contributed by atoms with Crippen molar-refractivity contribution >= 4 is 39.1 Å². The van der Waals surface area contributed by atoms with Gasteiger partial charge in [-0.15, -0.1) is 11.3 Å². The summed E-state index contributed by atoms with van der Waals surface area (Å²) in [7, 11) is 0. The maximum Gasteiger partial charge on any atom is 0.311 e. The van der Waals surface area contributed by atoms with E-state index in [9.17, 15) is 9.18 Å². The first-order valence-corrected chi connectivity index (χ1v) is 11.0. The maximum absolute atomic E-state index is 15.2. The molecule has 1 N–H and O–H groups in total. The van der Waals surface area contributed by atoms with Gasteiger partial charge in [-0.1, -0.05) is 0 Å². The molecular formula is C19H20BrF2N3O2S. The van der Waals surface area contributed by atoms with E-state index in [2.05, 4.69) is 31.2 Å². The van der Waals surface area contributed by atoms with Crippen molar-refractivity contribution in [2.24, 2.45) is 17.8 Å². The minimum Gasteiger partial charge on any atom is -0.466 e. The van der Waals surface area contributed by atoms with Crippen molar-refractivity contribution in [1.82, 2.24) is 9.97 Å². The van der Waals surface area contributed by atoms with Crippen molar-refractivity contribution in [3.8, 4) is 10.6 Å². The molecule has 0 saturated heterocycles. The number of hydrogen-bond acceptors (Lipinski definition) is 6. The molecule has 2 aromatic rings. The van der Waals surface area contributed by atoms with Crippen LogP contribution in [0.3, 0.4) is 0 Å². The van der Waals surface area contributed by atoms with Gasteiger partial charge in [0.05, 0.1) is 17.4 Å². The van der Waals surface area contributed by atoms with Crippen molar-refractivity contribution in [3.63, 3.8) is 0 Å². The molecule has 3 aliphatic carbocycles. The molecule has 0 aromatic carbocycles. The topological polar surface area (TPSA) is 64.1 Å². The van der Waals surface area contributed by atoms with Crippen LogP contribution in [-0.4, -0.2) is 28.6 Å². The molecule has 0 unspecified atom stereocenters. The Morgan fingerprint density at radius 2 is 1.96 bits per heavy atom. The molecule has 3 fully saturated rings. The van der Waals surface area contributed by atoms with Gasteiger partial charge >= 0.3 is 5.97 Å². The SMILES string of the molecule is CCOC(=O)[C@H]1C2CCC(CC2)[C@@H]1Nc1nc(Br)nc(-c2ccc(F)s2)c1F. The molecule has 3 aliphatic rings. The Kier molecular flexibility index (Phi) is 5.64. The Morgan fingerprint density at radius 3 is 2.61 bits per heavy atom. The van der Waals surface area contributed by atoms with Gasteiger partial charge in [0.15, 0.2) is 21.5 Å². The van der Waals surface area contributed by atoms with E-state index in [4.69, 9.17) is 4.74 Å². The summed E-state index contributed by atoms with van der Waals surface area (Å²) in [6.45, 7) is 2.11. The van der Waals surface area contributed by atoms with Gasteiger partial charge in [-0.2, -0.15) is 4.39 Å². The van der Waals surface area contributed by atoms with Gasteiger partial charge in [-0.25, -0.2) is 14.4 Å². The highest BCUT2D eigenvalue weighted by atomic mass is 79.9. The summed E-state index contributed by atoms with van der Waals surface area (Å²) < 4.78 is 34.1. The predicted molar refractivity (Wildman–Crippen MR) is 106 cm³/mol. The number of carbonyl (C=O) groups excluding carboxylic acids is 1. The molecule has 2 bridgehead atoms. The molecule has 3 saturated carbocycles. The highest BCUT2D eigenvalue weighted by molar-refractivity contribution is 9.10. The van der Waals surface area contributed by atoms with Crippen LogP contribution in [0.15, 0.2) is 16.9 Å². The van der Waals surface area contributed by atoms with E-state index in [0.717, 1.165) is 37.0 Å². The number of ether oxygens (including phenoxy) is 1. The summed E-state index contributed by atoms with van der Waals surface area (Å²) >= 11 is 4.04. The van der Waals surface area contributed by atoms with E-state index in [1.54, 1.807) is 6.92 Å². The normalized spacial score (nSPS) is 26.3. The number of esters is 1. The van der Waals surface area contributed by atoms with Crippen molar-refractivity contribution in [1.29, 1.82) is 0 Å². The highest BCUT2D eigenvalue weighted by Crippen LogP contribution is 2.47. The van der Waals surface area contributed by atoms with Gasteiger partial charge < -0.3 is 10.1 Å². The lowest BCUT2D eigenvalue weighted by molar-refractivity contribution is -0.154. The average molecular weight is 472 g/mol. The molecule has 5 nitrogen and oxygen atoms in total. The fraction of sp³-hybridized carbons (Fsp3) is 0.526. The first-order chi connectivity index (χ1) is 13.5. The summed E-state index contributed by atoms with van der Waals surface area (Å²) in [5.41, 5.74) is 0.0342. The van der Waals surface area contributed by atoms with Crippen LogP contribution in [0, 0.1) is 28.7 Å². The van der Waals surface area contributed by atoms with Gasteiger partial charge in [0.2, 0.25) is 0 Å². The standard InChI is InChI=1S/C19H20BrF2N3O2S/c1-2-27-18(26)13-9-3-5-10(6-4-9)15(13)23-17-14(22)16(24-19(20)25-17)11-7-8-12(21)28-11/h7-10,13,15H,2-6H2,1H3,(H,23,24,25)/t9?,10?,13-,15-/m0/s1. The highest BCUT2D eigenvalue weighted by Gasteiger charge is 2.48. The third kappa shape index (κ3) is 3.66. The molecule has 0 amide bonds. The second kappa shape index (κ2) is 8.02. The molecule has 2 aromatic heterocycles. The van der Waals surface area contributed by atoms with Crippen LogP contribution >= 0.6 is 27.3 Å². The van der Waals surface area contributed by atoms with Crippen molar-refractivity contribution in [3.05, 3.63) is 27.8 Å². The summed E-state index contributed by atoms with van der Waals surface area (Å²) in [5.74, 6) is -0.672. The summed E-state index contributed by atoms with van der Waals surface area (Å²) in [6, 6.07) is 2.53. The second-order valence-corrected chi connectivity index (χ2v) is 8.97. The van der Waals surface area contributed by atoms with Crippen molar-refractivity contribution < 1.29 is 18.3 Å². The van der Waals surface area contributed by atoms with E-state index in [0.29, 0.717) is 11.5 Å². The van der Waals surface area contributed by atoms with Gasteiger partial charge in [0.25, 0.3) is 0 Å². The van der Waals surface area contributed by atoms with Crippen LogP contribution < -0.4 is 5.32 Å². The molecule has 150 valence electrons. The first kappa shape index (κ1) is 19.7. The van der Waals surface area contributed by atoms with Gasteiger partial charge in [-0.05, 0) is 72.5 Å². The van der Waals surface area contributed by atoms with Crippen LogP contribution in [0.5, 0.6) is 0 Å². The van der Waals surface area contributed by atoms with Gasteiger partial charge in [0, 0.05) is 6.04 Å². The molecular weight excluding hydrogens is 452 g/mol. The fourth-order valence-corrected chi connectivity index (χ4v) is 5.58. The number of aromatic nitrogens is 2. The molecule has 2 heterocycles. The average Bonchev–Trinajstić information content (AvgIpc) is 3.11. The zero-order chi connectivity index (χ0) is 19.8. The zero-order valence-electron chi connectivity index (χ0n) is 15.3. The molecule has 0 aliphatic heterocycles. The van der Waals surface area contributed by atoms with E-state index < -0.39 is 10.9 Å². The largest absolute Gasteiger partial charge is 0.466 e. The number of halogens is 3. The van der Waals surface area contributed by atoms with Crippen LogP contribution in [0.2, 0.25) is 0 Å². The fourth-order valence-electron chi connectivity index (χ4n) is 4.51. The third-order valence-electron chi connectivity index (χ3n) is 5.71.